The molecule has 23 heavy (non-hydrogen) atoms. The van der Waals surface area contributed by atoms with E-state index in [0.29, 0.717) is 6.54 Å². The number of amides is 1. The third kappa shape index (κ3) is 3.55. The third-order valence-electron chi connectivity index (χ3n) is 4.35. The van der Waals surface area contributed by atoms with E-state index in [9.17, 15) is 4.79 Å². The van der Waals surface area contributed by atoms with Crippen molar-refractivity contribution >= 4 is 17.3 Å². The molecule has 1 amide bonds. The highest BCUT2D eigenvalue weighted by Crippen LogP contribution is 2.27. The van der Waals surface area contributed by atoms with Gasteiger partial charge in [0.25, 0.3) is 0 Å². The predicted octanol–water partition coefficient (Wildman–Crippen LogP) is 3.99. The number of rotatable bonds is 3. The molecule has 120 valence electrons. The number of para-hydroxylation sites is 1. The molecule has 0 spiro atoms. The number of hydrogen-bond donors (Lipinski definition) is 1. The smallest absolute Gasteiger partial charge is 0.243 e. The van der Waals surface area contributed by atoms with Crippen molar-refractivity contribution < 1.29 is 4.79 Å². The molecular weight excluding hydrogens is 284 g/mol. The summed E-state index contributed by atoms with van der Waals surface area (Å²) in [7, 11) is 0. The van der Waals surface area contributed by atoms with Crippen molar-refractivity contribution in [3.05, 3.63) is 59.7 Å². The molecule has 0 saturated heterocycles. The van der Waals surface area contributed by atoms with E-state index in [1.807, 2.05) is 18.2 Å². The normalized spacial score (nSPS) is 13.8. The second-order valence-corrected chi connectivity index (χ2v) is 7.18. The van der Waals surface area contributed by atoms with Gasteiger partial charge in [0.05, 0.1) is 6.54 Å². The molecular formula is C20H24N2O. The van der Waals surface area contributed by atoms with Crippen LogP contribution in [0.4, 0.5) is 11.4 Å². The van der Waals surface area contributed by atoms with Crippen molar-refractivity contribution in [2.45, 2.75) is 32.6 Å². The molecule has 0 fully saturated rings. The molecule has 3 heteroatoms. The van der Waals surface area contributed by atoms with Gasteiger partial charge >= 0.3 is 0 Å². The fourth-order valence-electron chi connectivity index (χ4n) is 3.00. The first-order valence-electron chi connectivity index (χ1n) is 8.17. The van der Waals surface area contributed by atoms with E-state index in [4.69, 9.17) is 0 Å². The fraction of sp³-hybridized carbons (Fsp3) is 0.350. The van der Waals surface area contributed by atoms with Crippen LogP contribution in [0.5, 0.6) is 0 Å². The van der Waals surface area contributed by atoms with Gasteiger partial charge in [-0.15, -0.1) is 0 Å². The molecule has 1 heterocycles. The molecule has 3 nitrogen and oxygen atoms in total. The van der Waals surface area contributed by atoms with Gasteiger partial charge in [0, 0.05) is 17.9 Å². The molecule has 0 saturated carbocycles. The lowest BCUT2D eigenvalue weighted by Crippen LogP contribution is -2.31. The summed E-state index contributed by atoms with van der Waals surface area (Å²) in [4.78, 5) is 14.5. The Morgan fingerprint density at radius 1 is 1.09 bits per heavy atom. The molecule has 0 bridgehead atoms. The van der Waals surface area contributed by atoms with Gasteiger partial charge in [0.2, 0.25) is 5.91 Å². The van der Waals surface area contributed by atoms with E-state index in [-0.39, 0.29) is 11.3 Å². The minimum absolute atomic E-state index is 0.0326. The van der Waals surface area contributed by atoms with Gasteiger partial charge in [0.1, 0.15) is 0 Å². The van der Waals surface area contributed by atoms with Crippen LogP contribution in [-0.2, 0) is 16.6 Å². The number of carbonyl (C=O) groups excluding carboxylic acids is 1. The number of nitrogens with one attached hydrogen (secondary N) is 1. The molecule has 0 radical (unpaired) electrons. The Kier molecular flexibility index (Phi) is 4.12. The van der Waals surface area contributed by atoms with Crippen LogP contribution in [0.3, 0.4) is 0 Å². The molecule has 2 aromatic carbocycles. The lowest BCUT2D eigenvalue weighted by atomic mass is 9.87. The van der Waals surface area contributed by atoms with Crippen LogP contribution in [0.25, 0.3) is 0 Å². The van der Waals surface area contributed by atoms with Crippen LogP contribution >= 0.6 is 0 Å². The van der Waals surface area contributed by atoms with Crippen molar-refractivity contribution in [3.8, 4) is 0 Å². The molecule has 2 aromatic rings. The van der Waals surface area contributed by atoms with Crippen molar-refractivity contribution in [1.82, 2.24) is 0 Å². The molecule has 0 aliphatic carbocycles. The Hall–Kier alpha value is -2.29. The second kappa shape index (κ2) is 6.07. The average molecular weight is 308 g/mol. The highest BCUT2D eigenvalue weighted by molar-refractivity contribution is 5.94. The summed E-state index contributed by atoms with van der Waals surface area (Å²) < 4.78 is 0. The van der Waals surface area contributed by atoms with E-state index in [2.05, 4.69) is 61.3 Å². The highest BCUT2D eigenvalue weighted by atomic mass is 16.2. The Labute approximate surface area is 138 Å². The fourth-order valence-corrected chi connectivity index (χ4v) is 3.00. The summed E-state index contributed by atoms with van der Waals surface area (Å²) in [5.74, 6) is 0.0326. The molecule has 0 aromatic heterocycles. The zero-order chi connectivity index (χ0) is 16.4. The van der Waals surface area contributed by atoms with Gasteiger partial charge < -0.3 is 10.2 Å². The maximum Gasteiger partial charge on any atom is 0.243 e. The highest BCUT2D eigenvalue weighted by Gasteiger charge is 2.20. The number of nitrogens with zero attached hydrogens (tertiary/aromatic N) is 1. The molecule has 1 N–H and O–H groups in total. The summed E-state index contributed by atoms with van der Waals surface area (Å²) in [6, 6.07) is 16.4. The number of fused-ring (bicyclic) bond motifs is 1. The second-order valence-electron chi connectivity index (χ2n) is 7.18. The Bertz CT molecular complexity index is 698. The van der Waals surface area contributed by atoms with Gasteiger partial charge in [0.15, 0.2) is 0 Å². The number of benzene rings is 2. The van der Waals surface area contributed by atoms with Gasteiger partial charge in [-0.05, 0) is 41.2 Å². The standard InChI is InChI=1S/C20H24N2O/c1-20(2,3)16-8-10-17(11-9-16)21-19(23)14-22-13-12-15-6-4-5-7-18(15)22/h4-11H,12-14H2,1-3H3,(H,21,23). The van der Waals surface area contributed by atoms with Crippen LogP contribution in [-0.4, -0.2) is 19.0 Å². The molecule has 1 aliphatic rings. The van der Waals surface area contributed by atoms with E-state index in [1.165, 1.54) is 16.8 Å². The van der Waals surface area contributed by atoms with Gasteiger partial charge in [-0.3, -0.25) is 4.79 Å². The van der Waals surface area contributed by atoms with Crippen LogP contribution < -0.4 is 10.2 Å². The topological polar surface area (TPSA) is 32.3 Å². The number of anilines is 2. The first kappa shape index (κ1) is 15.6. The minimum Gasteiger partial charge on any atom is -0.362 e. The lowest BCUT2D eigenvalue weighted by Gasteiger charge is -2.20. The Morgan fingerprint density at radius 2 is 1.78 bits per heavy atom. The van der Waals surface area contributed by atoms with Crippen LogP contribution in [0.1, 0.15) is 31.9 Å². The molecule has 3 rings (SSSR count). The zero-order valence-corrected chi connectivity index (χ0v) is 14.1. The SMILES string of the molecule is CC(C)(C)c1ccc(NC(=O)CN2CCc3ccccc32)cc1. The first-order valence-corrected chi connectivity index (χ1v) is 8.17. The maximum atomic E-state index is 12.3. The summed E-state index contributed by atoms with van der Waals surface area (Å²) in [6.07, 6.45) is 1.02. The van der Waals surface area contributed by atoms with E-state index < -0.39 is 0 Å². The van der Waals surface area contributed by atoms with Crippen LogP contribution in [0.15, 0.2) is 48.5 Å². The minimum atomic E-state index is 0.0326. The van der Waals surface area contributed by atoms with Crippen LogP contribution in [0, 0.1) is 0 Å². The third-order valence-corrected chi connectivity index (χ3v) is 4.35. The maximum absolute atomic E-state index is 12.3. The largest absolute Gasteiger partial charge is 0.362 e. The van der Waals surface area contributed by atoms with Crippen molar-refractivity contribution in [2.24, 2.45) is 0 Å². The Morgan fingerprint density at radius 3 is 2.48 bits per heavy atom. The van der Waals surface area contributed by atoms with Crippen molar-refractivity contribution in [2.75, 3.05) is 23.3 Å². The summed E-state index contributed by atoms with van der Waals surface area (Å²) in [5.41, 5.74) is 4.77. The lowest BCUT2D eigenvalue weighted by molar-refractivity contribution is -0.115. The summed E-state index contributed by atoms with van der Waals surface area (Å²) in [6.45, 7) is 7.87. The van der Waals surface area contributed by atoms with Crippen molar-refractivity contribution in [3.63, 3.8) is 0 Å². The average Bonchev–Trinajstić information content (AvgIpc) is 2.90. The van der Waals surface area contributed by atoms with E-state index in [0.717, 1.165) is 18.7 Å². The number of carbonyl (C=O) groups is 1. The predicted molar refractivity (Wildman–Crippen MR) is 96.1 cm³/mol. The first-order chi connectivity index (χ1) is 10.9. The Balaban J connectivity index is 1.62. The van der Waals surface area contributed by atoms with Gasteiger partial charge in [-0.25, -0.2) is 0 Å². The molecule has 0 atom stereocenters. The monoisotopic (exact) mass is 308 g/mol. The quantitative estimate of drug-likeness (QED) is 0.930. The molecule has 0 unspecified atom stereocenters. The van der Waals surface area contributed by atoms with E-state index in [1.54, 1.807) is 0 Å². The number of hydrogen-bond acceptors (Lipinski definition) is 2. The van der Waals surface area contributed by atoms with Gasteiger partial charge in [-0.1, -0.05) is 51.1 Å². The molecule has 1 aliphatic heterocycles. The zero-order valence-electron chi connectivity index (χ0n) is 14.1. The summed E-state index contributed by atoms with van der Waals surface area (Å²) >= 11 is 0. The summed E-state index contributed by atoms with van der Waals surface area (Å²) in [5, 5.41) is 3.00. The van der Waals surface area contributed by atoms with E-state index >= 15 is 0 Å². The van der Waals surface area contributed by atoms with Gasteiger partial charge in [-0.2, -0.15) is 0 Å². The van der Waals surface area contributed by atoms with Crippen LogP contribution in [0.2, 0.25) is 0 Å². The van der Waals surface area contributed by atoms with Crippen molar-refractivity contribution in [1.29, 1.82) is 0 Å².